The fourth-order valence-corrected chi connectivity index (χ4v) is 1.42. The highest BCUT2D eigenvalue weighted by Gasteiger charge is 2.04. The molecular formula is C10H13N3. The zero-order valence-corrected chi connectivity index (χ0v) is 7.86. The number of anilines is 1. The molecule has 0 amide bonds. The number of pyridine rings is 1. The number of nitrogen functional groups attached to an aromatic ring is 1. The van der Waals surface area contributed by atoms with Gasteiger partial charge in [0, 0.05) is 0 Å². The zero-order chi connectivity index (χ0) is 9.42. The summed E-state index contributed by atoms with van der Waals surface area (Å²) >= 11 is 0. The Hall–Kier alpha value is -1.51. The normalized spacial score (nSPS) is 11.3. The van der Waals surface area contributed by atoms with Crippen LogP contribution in [0.15, 0.2) is 24.4 Å². The Morgan fingerprint density at radius 3 is 2.85 bits per heavy atom. The minimum absolute atomic E-state index is 0.502. The van der Waals surface area contributed by atoms with Gasteiger partial charge < -0.3 is 5.73 Å². The van der Waals surface area contributed by atoms with E-state index >= 15 is 0 Å². The van der Waals surface area contributed by atoms with Crippen LogP contribution in [0, 0.1) is 0 Å². The summed E-state index contributed by atoms with van der Waals surface area (Å²) in [5.74, 6) is 1.20. The second-order valence-corrected chi connectivity index (χ2v) is 3.54. The van der Waals surface area contributed by atoms with Gasteiger partial charge in [-0.2, -0.15) is 5.10 Å². The Balaban J connectivity index is 2.70. The van der Waals surface area contributed by atoms with Crippen LogP contribution in [0.2, 0.25) is 0 Å². The predicted molar refractivity (Wildman–Crippen MR) is 53.7 cm³/mol. The van der Waals surface area contributed by atoms with Crippen LogP contribution in [0.25, 0.3) is 5.52 Å². The minimum atomic E-state index is 0.502. The van der Waals surface area contributed by atoms with Crippen molar-refractivity contribution in [2.75, 3.05) is 5.73 Å². The van der Waals surface area contributed by atoms with E-state index in [4.69, 9.17) is 5.73 Å². The van der Waals surface area contributed by atoms with Crippen molar-refractivity contribution in [2.24, 2.45) is 0 Å². The van der Waals surface area contributed by atoms with E-state index in [2.05, 4.69) is 25.0 Å². The van der Waals surface area contributed by atoms with E-state index in [9.17, 15) is 0 Å². The summed E-state index contributed by atoms with van der Waals surface area (Å²) < 4.78 is 1.74. The summed E-state index contributed by atoms with van der Waals surface area (Å²) in [6.07, 6.45) is 1.76. The number of hydrogen-bond acceptors (Lipinski definition) is 2. The highest BCUT2D eigenvalue weighted by Crippen LogP contribution is 2.19. The molecule has 0 saturated carbocycles. The number of nitrogens with two attached hydrogens (primary N) is 1. The molecule has 13 heavy (non-hydrogen) atoms. The minimum Gasteiger partial charge on any atom is -0.384 e. The lowest BCUT2D eigenvalue weighted by atomic mass is 10.0. The third-order valence-electron chi connectivity index (χ3n) is 2.21. The monoisotopic (exact) mass is 175 g/mol. The second-order valence-electron chi connectivity index (χ2n) is 3.54. The Labute approximate surface area is 77.2 Å². The zero-order valence-electron chi connectivity index (χ0n) is 7.86. The lowest BCUT2D eigenvalue weighted by Crippen LogP contribution is -2.00. The summed E-state index contributed by atoms with van der Waals surface area (Å²) in [4.78, 5) is 0. The van der Waals surface area contributed by atoms with Crippen molar-refractivity contribution in [1.29, 1.82) is 0 Å². The highest BCUT2D eigenvalue weighted by atomic mass is 15.2. The first kappa shape index (κ1) is 8.10. The van der Waals surface area contributed by atoms with Gasteiger partial charge in [0.25, 0.3) is 0 Å². The molecule has 0 spiro atoms. The van der Waals surface area contributed by atoms with Crippen LogP contribution in [0.4, 0.5) is 5.82 Å². The topological polar surface area (TPSA) is 43.3 Å². The van der Waals surface area contributed by atoms with Crippen LogP contribution >= 0.6 is 0 Å². The molecule has 2 N–H and O–H groups in total. The molecule has 0 saturated heterocycles. The van der Waals surface area contributed by atoms with Crippen LogP contribution in [-0.2, 0) is 0 Å². The first-order valence-corrected chi connectivity index (χ1v) is 4.41. The van der Waals surface area contributed by atoms with Gasteiger partial charge in [0.05, 0.1) is 11.7 Å². The SMILES string of the molecule is CC(C)c1cc(N)n2nccc2c1. The van der Waals surface area contributed by atoms with E-state index in [1.54, 1.807) is 10.7 Å². The van der Waals surface area contributed by atoms with E-state index in [1.165, 1.54) is 5.56 Å². The number of rotatable bonds is 1. The van der Waals surface area contributed by atoms with E-state index in [0.717, 1.165) is 5.52 Å². The van der Waals surface area contributed by atoms with Crippen LogP contribution in [0.1, 0.15) is 25.3 Å². The van der Waals surface area contributed by atoms with Gasteiger partial charge in [-0.15, -0.1) is 0 Å². The largest absolute Gasteiger partial charge is 0.384 e. The maximum Gasteiger partial charge on any atom is 0.125 e. The van der Waals surface area contributed by atoms with E-state index in [-0.39, 0.29) is 0 Å². The van der Waals surface area contributed by atoms with Gasteiger partial charge in [0.1, 0.15) is 5.82 Å². The molecule has 0 aliphatic rings. The van der Waals surface area contributed by atoms with Gasteiger partial charge in [0.15, 0.2) is 0 Å². The maximum atomic E-state index is 5.84. The Morgan fingerprint density at radius 2 is 2.15 bits per heavy atom. The van der Waals surface area contributed by atoms with Crippen LogP contribution in [0.5, 0.6) is 0 Å². The fourth-order valence-electron chi connectivity index (χ4n) is 1.42. The second kappa shape index (κ2) is 2.76. The molecule has 0 aliphatic carbocycles. The van der Waals surface area contributed by atoms with Gasteiger partial charge in [-0.25, -0.2) is 4.52 Å². The molecule has 0 aromatic carbocycles. The summed E-state index contributed by atoms with van der Waals surface area (Å²) in [6.45, 7) is 4.31. The Morgan fingerprint density at radius 1 is 1.38 bits per heavy atom. The summed E-state index contributed by atoms with van der Waals surface area (Å²) in [6, 6.07) is 6.06. The molecule has 0 bridgehead atoms. The standard InChI is InChI=1S/C10H13N3/c1-7(2)8-5-9-3-4-12-13(9)10(11)6-8/h3-7H,11H2,1-2H3. The van der Waals surface area contributed by atoms with Crippen molar-refractivity contribution in [2.45, 2.75) is 19.8 Å². The van der Waals surface area contributed by atoms with Crippen molar-refractivity contribution < 1.29 is 0 Å². The quantitative estimate of drug-likeness (QED) is 0.720. The molecule has 2 aromatic rings. The lowest BCUT2D eigenvalue weighted by Gasteiger charge is -2.07. The fraction of sp³-hybridized carbons (Fsp3) is 0.300. The lowest BCUT2D eigenvalue weighted by molar-refractivity contribution is 0.858. The van der Waals surface area contributed by atoms with Crippen molar-refractivity contribution in [1.82, 2.24) is 9.61 Å². The van der Waals surface area contributed by atoms with E-state index < -0.39 is 0 Å². The van der Waals surface area contributed by atoms with E-state index in [0.29, 0.717) is 11.7 Å². The van der Waals surface area contributed by atoms with Gasteiger partial charge >= 0.3 is 0 Å². The molecular weight excluding hydrogens is 162 g/mol. The van der Waals surface area contributed by atoms with Crippen LogP contribution in [0.3, 0.4) is 0 Å². The maximum absolute atomic E-state index is 5.84. The summed E-state index contributed by atoms with van der Waals surface area (Å²) in [5.41, 5.74) is 8.15. The van der Waals surface area contributed by atoms with Gasteiger partial charge in [-0.1, -0.05) is 13.8 Å². The van der Waals surface area contributed by atoms with Crippen molar-refractivity contribution in [3.8, 4) is 0 Å². The molecule has 68 valence electrons. The van der Waals surface area contributed by atoms with Crippen molar-refractivity contribution in [3.63, 3.8) is 0 Å². The van der Waals surface area contributed by atoms with Crippen LogP contribution < -0.4 is 5.73 Å². The molecule has 0 radical (unpaired) electrons. The Bertz CT molecular complexity index is 429. The Kier molecular flexibility index (Phi) is 1.72. The predicted octanol–water partition coefficient (Wildman–Crippen LogP) is 2.04. The molecule has 0 unspecified atom stereocenters. The molecule has 3 nitrogen and oxygen atoms in total. The first-order valence-electron chi connectivity index (χ1n) is 4.41. The molecule has 2 rings (SSSR count). The van der Waals surface area contributed by atoms with Gasteiger partial charge in [-0.3, -0.25) is 0 Å². The van der Waals surface area contributed by atoms with Crippen molar-refractivity contribution in [3.05, 3.63) is 30.0 Å². The first-order chi connectivity index (χ1) is 6.18. The highest BCUT2D eigenvalue weighted by molar-refractivity contribution is 5.55. The third kappa shape index (κ3) is 1.26. The molecule has 0 fully saturated rings. The average molecular weight is 175 g/mol. The van der Waals surface area contributed by atoms with Gasteiger partial charge in [0.2, 0.25) is 0 Å². The molecule has 0 atom stereocenters. The summed E-state index contributed by atoms with van der Waals surface area (Å²) in [5, 5.41) is 4.11. The summed E-state index contributed by atoms with van der Waals surface area (Å²) in [7, 11) is 0. The molecule has 0 aliphatic heterocycles. The number of nitrogens with zero attached hydrogens (tertiary/aromatic N) is 2. The molecule has 2 heterocycles. The number of hydrogen-bond donors (Lipinski definition) is 1. The smallest absolute Gasteiger partial charge is 0.125 e. The number of aromatic nitrogens is 2. The molecule has 2 aromatic heterocycles. The number of fused-ring (bicyclic) bond motifs is 1. The van der Waals surface area contributed by atoms with Gasteiger partial charge in [-0.05, 0) is 29.7 Å². The third-order valence-corrected chi connectivity index (χ3v) is 2.21. The van der Waals surface area contributed by atoms with E-state index in [1.807, 2.05) is 12.1 Å². The molecule has 3 heteroatoms. The van der Waals surface area contributed by atoms with Crippen molar-refractivity contribution >= 4 is 11.3 Å². The average Bonchev–Trinajstić information content (AvgIpc) is 2.51. The van der Waals surface area contributed by atoms with Crippen LogP contribution in [-0.4, -0.2) is 9.61 Å².